The van der Waals surface area contributed by atoms with E-state index in [9.17, 15) is 14.4 Å². The van der Waals surface area contributed by atoms with Crippen LogP contribution in [0, 0.1) is 0 Å². The molecule has 1 unspecified atom stereocenters. The molecular formula is C23H22N2O5S. The molecule has 31 heavy (non-hydrogen) atoms. The van der Waals surface area contributed by atoms with Gasteiger partial charge in [-0.2, -0.15) is 0 Å². The summed E-state index contributed by atoms with van der Waals surface area (Å²) in [7, 11) is 0. The number of benzene rings is 2. The number of carbonyl (C=O) groups is 3. The highest BCUT2D eigenvalue weighted by Gasteiger charge is 2.20. The Balaban J connectivity index is 1.59. The fourth-order valence-electron chi connectivity index (χ4n) is 2.75. The number of ether oxygens (including phenoxy) is 2. The predicted octanol–water partition coefficient (Wildman–Crippen LogP) is 3.61. The largest absolute Gasteiger partial charge is 0.494 e. The molecule has 1 heterocycles. The lowest BCUT2D eigenvalue weighted by Crippen LogP contribution is -2.47. The Morgan fingerprint density at radius 1 is 0.903 bits per heavy atom. The predicted molar refractivity (Wildman–Crippen MR) is 118 cm³/mol. The van der Waals surface area contributed by atoms with Gasteiger partial charge in [-0.1, -0.05) is 24.3 Å². The molecule has 1 atom stereocenters. The Morgan fingerprint density at radius 2 is 1.58 bits per heavy atom. The van der Waals surface area contributed by atoms with Crippen LogP contribution in [0.1, 0.15) is 39.4 Å². The first-order chi connectivity index (χ1) is 15.0. The van der Waals surface area contributed by atoms with E-state index in [-0.39, 0.29) is 16.9 Å². The van der Waals surface area contributed by atoms with Gasteiger partial charge in [0.2, 0.25) is 5.78 Å². The maximum Gasteiger partial charge on any atom is 0.279 e. The summed E-state index contributed by atoms with van der Waals surface area (Å²) in [4.78, 5) is 38.1. The van der Waals surface area contributed by atoms with E-state index in [1.807, 2.05) is 6.92 Å². The lowest BCUT2D eigenvalue weighted by Gasteiger charge is -2.16. The van der Waals surface area contributed by atoms with Crippen molar-refractivity contribution in [2.45, 2.75) is 20.0 Å². The molecule has 3 aromatic rings. The molecule has 0 spiro atoms. The van der Waals surface area contributed by atoms with E-state index in [0.717, 1.165) is 0 Å². The van der Waals surface area contributed by atoms with E-state index < -0.39 is 17.9 Å². The number of hydrazine groups is 1. The zero-order chi connectivity index (χ0) is 22.2. The molecule has 1 aromatic heterocycles. The lowest BCUT2D eigenvalue weighted by atomic mass is 10.0. The number of hydrogen-bond donors (Lipinski definition) is 2. The molecule has 0 saturated heterocycles. The Hall–Kier alpha value is -3.65. The molecule has 2 aromatic carbocycles. The van der Waals surface area contributed by atoms with Crippen LogP contribution in [-0.2, 0) is 4.79 Å². The summed E-state index contributed by atoms with van der Waals surface area (Å²) in [5, 5.41) is 1.79. The minimum atomic E-state index is -0.860. The summed E-state index contributed by atoms with van der Waals surface area (Å²) in [6.45, 7) is 4.01. The summed E-state index contributed by atoms with van der Waals surface area (Å²) in [5.74, 6) is -0.190. The lowest BCUT2D eigenvalue weighted by molar-refractivity contribution is -0.128. The van der Waals surface area contributed by atoms with Crippen molar-refractivity contribution in [1.82, 2.24) is 10.9 Å². The van der Waals surface area contributed by atoms with Crippen LogP contribution in [0.15, 0.2) is 66.0 Å². The Morgan fingerprint density at radius 3 is 2.23 bits per heavy atom. The van der Waals surface area contributed by atoms with Crippen LogP contribution in [-0.4, -0.2) is 30.3 Å². The van der Waals surface area contributed by atoms with Gasteiger partial charge < -0.3 is 9.47 Å². The van der Waals surface area contributed by atoms with Crippen molar-refractivity contribution in [2.75, 3.05) is 6.61 Å². The quantitative estimate of drug-likeness (QED) is 0.414. The van der Waals surface area contributed by atoms with Crippen LogP contribution in [0.3, 0.4) is 0 Å². The molecular weight excluding hydrogens is 416 g/mol. The molecule has 3 rings (SSSR count). The minimum absolute atomic E-state index is 0.168. The fraction of sp³-hybridized carbons (Fsp3) is 0.174. The van der Waals surface area contributed by atoms with E-state index in [1.54, 1.807) is 66.9 Å². The first kappa shape index (κ1) is 22.0. The third-order valence-corrected chi connectivity index (χ3v) is 5.15. The molecule has 2 amide bonds. The SMILES string of the molecule is CCOc1ccc(OC(C)C(=O)NNC(=O)c2ccccc2C(=O)c2cccs2)cc1. The van der Waals surface area contributed by atoms with E-state index in [0.29, 0.717) is 23.0 Å². The van der Waals surface area contributed by atoms with Gasteiger partial charge in [0.05, 0.1) is 17.0 Å². The molecule has 0 aliphatic heterocycles. The van der Waals surface area contributed by atoms with Crippen molar-refractivity contribution in [2.24, 2.45) is 0 Å². The normalized spacial score (nSPS) is 11.3. The second-order valence-corrected chi connectivity index (χ2v) is 7.41. The summed E-state index contributed by atoms with van der Waals surface area (Å²) >= 11 is 1.30. The van der Waals surface area contributed by atoms with Crippen LogP contribution in [0.5, 0.6) is 11.5 Å². The number of ketones is 1. The Bertz CT molecular complexity index is 1050. The average molecular weight is 439 g/mol. The fourth-order valence-corrected chi connectivity index (χ4v) is 3.42. The van der Waals surface area contributed by atoms with Crippen molar-refractivity contribution in [1.29, 1.82) is 0 Å². The topological polar surface area (TPSA) is 93.7 Å². The smallest absolute Gasteiger partial charge is 0.279 e. The van der Waals surface area contributed by atoms with E-state index >= 15 is 0 Å². The molecule has 0 radical (unpaired) electrons. The maximum absolute atomic E-state index is 12.7. The van der Waals surface area contributed by atoms with Crippen LogP contribution < -0.4 is 20.3 Å². The molecule has 0 fully saturated rings. The van der Waals surface area contributed by atoms with Crippen molar-refractivity contribution < 1.29 is 23.9 Å². The molecule has 2 N–H and O–H groups in total. The number of hydrogen-bond acceptors (Lipinski definition) is 6. The number of amides is 2. The minimum Gasteiger partial charge on any atom is -0.494 e. The molecule has 7 nitrogen and oxygen atoms in total. The zero-order valence-electron chi connectivity index (χ0n) is 17.1. The molecule has 0 aliphatic rings. The Kier molecular flexibility index (Phi) is 7.40. The number of thiophene rings is 1. The number of carbonyl (C=O) groups excluding carboxylic acids is 3. The second-order valence-electron chi connectivity index (χ2n) is 6.46. The van der Waals surface area contributed by atoms with Crippen LogP contribution in [0.2, 0.25) is 0 Å². The molecule has 160 valence electrons. The first-order valence-corrected chi connectivity index (χ1v) is 10.5. The van der Waals surface area contributed by atoms with Gasteiger partial charge in [-0.3, -0.25) is 25.2 Å². The van der Waals surface area contributed by atoms with Crippen LogP contribution >= 0.6 is 11.3 Å². The van der Waals surface area contributed by atoms with Crippen LogP contribution in [0.25, 0.3) is 0 Å². The highest BCUT2D eigenvalue weighted by molar-refractivity contribution is 7.12. The van der Waals surface area contributed by atoms with E-state index in [2.05, 4.69) is 10.9 Å². The summed E-state index contributed by atoms with van der Waals surface area (Å²) in [5.41, 5.74) is 5.11. The Labute approximate surface area is 184 Å². The average Bonchev–Trinajstić information content (AvgIpc) is 3.33. The number of rotatable bonds is 8. The molecule has 0 bridgehead atoms. The van der Waals surface area contributed by atoms with E-state index in [1.165, 1.54) is 17.4 Å². The second kappa shape index (κ2) is 10.4. The monoisotopic (exact) mass is 438 g/mol. The standard InChI is InChI=1S/C23H22N2O5S/c1-3-29-16-10-12-17(13-11-16)30-15(2)22(27)24-25-23(28)19-8-5-4-7-18(19)21(26)20-9-6-14-31-20/h4-15H,3H2,1-2H3,(H,24,27)(H,25,28). The van der Waals surface area contributed by atoms with Gasteiger partial charge in [-0.05, 0) is 55.6 Å². The van der Waals surface area contributed by atoms with Gasteiger partial charge in [0.25, 0.3) is 11.8 Å². The number of nitrogens with one attached hydrogen (secondary N) is 2. The van der Waals surface area contributed by atoms with Crippen molar-refractivity contribution in [3.05, 3.63) is 82.0 Å². The van der Waals surface area contributed by atoms with Crippen LogP contribution in [0.4, 0.5) is 0 Å². The summed E-state index contributed by atoms with van der Waals surface area (Å²) in [6.07, 6.45) is -0.860. The van der Waals surface area contributed by atoms with E-state index in [4.69, 9.17) is 9.47 Å². The first-order valence-electron chi connectivity index (χ1n) is 9.66. The van der Waals surface area contributed by atoms with Crippen molar-refractivity contribution >= 4 is 28.9 Å². The molecule has 0 aliphatic carbocycles. The van der Waals surface area contributed by atoms with Gasteiger partial charge in [0, 0.05) is 5.56 Å². The van der Waals surface area contributed by atoms with Gasteiger partial charge in [-0.25, -0.2) is 0 Å². The summed E-state index contributed by atoms with van der Waals surface area (Å²) in [6, 6.07) is 16.8. The van der Waals surface area contributed by atoms with Gasteiger partial charge in [0.1, 0.15) is 11.5 Å². The van der Waals surface area contributed by atoms with Crippen molar-refractivity contribution in [3.8, 4) is 11.5 Å². The van der Waals surface area contributed by atoms with Gasteiger partial charge in [-0.15, -0.1) is 11.3 Å². The van der Waals surface area contributed by atoms with Gasteiger partial charge in [0.15, 0.2) is 6.10 Å². The van der Waals surface area contributed by atoms with Gasteiger partial charge >= 0.3 is 0 Å². The zero-order valence-corrected chi connectivity index (χ0v) is 17.9. The third kappa shape index (κ3) is 5.70. The highest BCUT2D eigenvalue weighted by Crippen LogP contribution is 2.19. The summed E-state index contributed by atoms with van der Waals surface area (Å²) < 4.78 is 11.0. The molecule has 8 heteroatoms. The highest BCUT2D eigenvalue weighted by atomic mass is 32.1. The maximum atomic E-state index is 12.7. The van der Waals surface area contributed by atoms with Crippen molar-refractivity contribution in [3.63, 3.8) is 0 Å². The third-order valence-electron chi connectivity index (χ3n) is 4.28. The molecule has 0 saturated carbocycles.